The first-order valence-electron chi connectivity index (χ1n) is 6.57. The van der Waals surface area contributed by atoms with Crippen molar-refractivity contribution < 1.29 is 23.0 Å². The van der Waals surface area contributed by atoms with Gasteiger partial charge in [0.2, 0.25) is 0 Å². The van der Waals surface area contributed by atoms with Gasteiger partial charge < -0.3 is 9.84 Å². The van der Waals surface area contributed by atoms with E-state index in [-0.39, 0.29) is 12.0 Å². The second-order valence-electron chi connectivity index (χ2n) is 5.01. The fourth-order valence-corrected chi connectivity index (χ4v) is 2.48. The maximum absolute atomic E-state index is 13.2. The first kappa shape index (κ1) is 13.9. The summed E-state index contributed by atoms with van der Waals surface area (Å²) in [6, 6.07) is 9.78. The van der Waals surface area contributed by atoms with E-state index < -0.39 is 24.5 Å². The van der Waals surface area contributed by atoms with Crippen LogP contribution < -0.4 is 4.74 Å². The maximum Gasteiger partial charge on any atom is 0.263 e. The van der Waals surface area contributed by atoms with E-state index in [2.05, 4.69) is 0 Å². The van der Waals surface area contributed by atoms with Crippen LogP contribution in [0.2, 0.25) is 0 Å². The van der Waals surface area contributed by atoms with Crippen LogP contribution in [0.25, 0.3) is 0 Å². The summed E-state index contributed by atoms with van der Waals surface area (Å²) in [6.07, 6.45) is -3.54. The largest absolute Gasteiger partial charge is 0.485 e. The summed E-state index contributed by atoms with van der Waals surface area (Å²) in [5.74, 6) is -0.0192. The minimum absolute atomic E-state index is 0.0578. The Labute approximate surface area is 119 Å². The molecule has 1 aliphatic rings. The highest BCUT2D eigenvalue weighted by molar-refractivity contribution is 5.39. The van der Waals surface area contributed by atoms with E-state index >= 15 is 0 Å². The Morgan fingerprint density at radius 2 is 1.81 bits per heavy atom. The first-order chi connectivity index (χ1) is 10.0. The molecule has 2 nitrogen and oxygen atoms in total. The predicted molar refractivity (Wildman–Crippen MR) is 70.7 cm³/mol. The zero-order chi connectivity index (χ0) is 15.0. The molecule has 2 aromatic carbocycles. The molecule has 1 heterocycles. The number of benzene rings is 2. The van der Waals surface area contributed by atoms with Crippen LogP contribution in [0.3, 0.4) is 0 Å². The number of aliphatic hydroxyl groups excluding tert-OH is 1. The lowest BCUT2D eigenvalue weighted by atomic mass is 9.94. The molecule has 2 atom stereocenters. The SMILES string of the molecule is O[C@@H]1CC(c2ccc(C(F)F)cc2)Oc2ccc(F)cc21. The molecule has 0 radical (unpaired) electrons. The van der Waals surface area contributed by atoms with Gasteiger partial charge in [0, 0.05) is 17.5 Å². The molecule has 0 aliphatic carbocycles. The quantitative estimate of drug-likeness (QED) is 0.893. The second kappa shape index (κ2) is 5.41. The third-order valence-corrected chi connectivity index (χ3v) is 3.60. The highest BCUT2D eigenvalue weighted by atomic mass is 19.3. The van der Waals surface area contributed by atoms with Gasteiger partial charge in [0.15, 0.2) is 0 Å². The van der Waals surface area contributed by atoms with Gasteiger partial charge in [-0.15, -0.1) is 0 Å². The number of rotatable bonds is 2. The van der Waals surface area contributed by atoms with Crippen LogP contribution >= 0.6 is 0 Å². The molecular weight excluding hydrogens is 281 g/mol. The third kappa shape index (κ3) is 2.74. The minimum Gasteiger partial charge on any atom is -0.485 e. The number of alkyl halides is 2. The van der Waals surface area contributed by atoms with Crippen molar-refractivity contribution in [3.8, 4) is 5.75 Å². The molecule has 3 rings (SSSR count). The topological polar surface area (TPSA) is 29.5 Å². The van der Waals surface area contributed by atoms with E-state index in [0.717, 1.165) is 0 Å². The van der Waals surface area contributed by atoms with Crippen molar-refractivity contribution in [2.24, 2.45) is 0 Å². The number of halogens is 3. The van der Waals surface area contributed by atoms with Crippen LogP contribution in [-0.2, 0) is 0 Å². The van der Waals surface area contributed by atoms with Gasteiger partial charge in [-0.25, -0.2) is 13.2 Å². The van der Waals surface area contributed by atoms with E-state index in [9.17, 15) is 18.3 Å². The van der Waals surface area contributed by atoms with E-state index in [0.29, 0.717) is 16.9 Å². The molecule has 0 fully saturated rings. The summed E-state index contributed by atoms with van der Waals surface area (Å²) in [5.41, 5.74) is 1.06. The van der Waals surface area contributed by atoms with Crippen LogP contribution in [0.1, 0.15) is 41.7 Å². The van der Waals surface area contributed by atoms with Gasteiger partial charge in [0.1, 0.15) is 17.7 Å². The fraction of sp³-hybridized carbons (Fsp3) is 0.250. The summed E-state index contributed by atoms with van der Waals surface area (Å²) >= 11 is 0. The van der Waals surface area contributed by atoms with Crippen LogP contribution in [0, 0.1) is 5.82 Å². The van der Waals surface area contributed by atoms with Gasteiger partial charge in [-0.1, -0.05) is 24.3 Å². The number of ether oxygens (including phenoxy) is 1. The zero-order valence-electron chi connectivity index (χ0n) is 11.0. The standard InChI is InChI=1S/C16H13F3O2/c17-11-5-6-14-12(7-11)13(20)8-15(21-14)9-1-3-10(4-2-9)16(18)19/h1-7,13,15-16,20H,8H2/t13-,15?/m1/s1. The Bertz CT molecular complexity index is 640. The van der Waals surface area contributed by atoms with Crippen molar-refractivity contribution in [3.63, 3.8) is 0 Å². The van der Waals surface area contributed by atoms with Crippen LogP contribution in [0.5, 0.6) is 5.75 Å². The van der Waals surface area contributed by atoms with Gasteiger partial charge in [0.25, 0.3) is 6.43 Å². The van der Waals surface area contributed by atoms with Gasteiger partial charge in [-0.3, -0.25) is 0 Å². The maximum atomic E-state index is 13.2. The lowest BCUT2D eigenvalue weighted by molar-refractivity contribution is 0.0652. The van der Waals surface area contributed by atoms with Crippen molar-refractivity contribution in [2.75, 3.05) is 0 Å². The van der Waals surface area contributed by atoms with Crippen molar-refractivity contribution in [1.29, 1.82) is 0 Å². The summed E-state index contributed by atoms with van der Waals surface area (Å²) in [7, 11) is 0. The summed E-state index contributed by atoms with van der Waals surface area (Å²) in [6.45, 7) is 0. The van der Waals surface area contributed by atoms with Gasteiger partial charge in [0.05, 0.1) is 6.10 Å². The van der Waals surface area contributed by atoms with Gasteiger partial charge in [-0.05, 0) is 23.8 Å². The third-order valence-electron chi connectivity index (χ3n) is 3.60. The summed E-state index contributed by atoms with van der Waals surface area (Å²) in [5, 5.41) is 10.1. The number of hydrogen-bond donors (Lipinski definition) is 1. The normalized spacial score (nSPS) is 21.0. The second-order valence-corrected chi connectivity index (χ2v) is 5.01. The molecular formula is C16H13F3O2. The van der Waals surface area contributed by atoms with Gasteiger partial charge >= 0.3 is 0 Å². The Hall–Kier alpha value is -2.01. The molecule has 1 aliphatic heterocycles. The van der Waals surface area contributed by atoms with E-state index in [1.807, 2.05) is 0 Å². The smallest absolute Gasteiger partial charge is 0.263 e. The van der Waals surface area contributed by atoms with Crippen molar-refractivity contribution in [1.82, 2.24) is 0 Å². The first-order valence-corrected chi connectivity index (χ1v) is 6.57. The monoisotopic (exact) mass is 294 g/mol. The van der Waals surface area contributed by atoms with Crippen molar-refractivity contribution in [3.05, 3.63) is 65.0 Å². The van der Waals surface area contributed by atoms with Crippen LogP contribution in [0.4, 0.5) is 13.2 Å². The Kier molecular flexibility index (Phi) is 3.59. The Morgan fingerprint density at radius 1 is 1.10 bits per heavy atom. The highest BCUT2D eigenvalue weighted by Crippen LogP contribution is 2.41. The average molecular weight is 294 g/mol. The molecule has 1 N–H and O–H groups in total. The molecule has 110 valence electrons. The molecule has 5 heteroatoms. The summed E-state index contributed by atoms with van der Waals surface area (Å²) < 4.78 is 44.0. The highest BCUT2D eigenvalue weighted by Gasteiger charge is 2.28. The minimum atomic E-state index is -2.51. The fourth-order valence-electron chi connectivity index (χ4n) is 2.48. The molecule has 1 unspecified atom stereocenters. The average Bonchev–Trinajstić information content (AvgIpc) is 2.48. The summed E-state index contributed by atoms with van der Waals surface area (Å²) in [4.78, 5) is 0. The van der Waals surface area contributed by atoms with E-state index in [4.69, 9.17) is 4.74 Å². The zero-order valence-corrected chi connectivity index (χ0v) is 11.0. The molecule has 0 spiro atoms. The van der Waals surface area contributed by atoms with E-state index in [1.54, 1.807) is 12.1 Å². The number of hydrogen-bond acceptors (Lipinski definition) is 2. The molecule has 21 heavy (non-hydrogen) atoms. The van der Waals surface area contributed by atoms with Crippen LogP contribution in [-0.4, -0.2) is 5.11 Å². The molecule has 0 saturated heterocycles. The molecule has 0 saturated carbocycles. The van der Waals surface area contributed by atoms with E-state index in [1.165, 1.54) is 30.3 Å². The van der Waals surface area contributed by atoms with Crippen molar-refractivity contribution >= 4 is 0 Å². The lowest BCUT2D eigenvalue weighted by Gasteiger charge is -2.30. The lowest BCUT2D eigenvalue weighted by Crippen LogP contribution is -2.19. The number of fused-ring (bicyclic) bond motifs is 1. The van der Waals surface area contributed by atoms with Crippen LogP contribution in [0.15, 0.2) is 42.5 Å². The molecule has 0 amide bonds. The Balaban J connectivity index is 1.86. The van der Waals surface area contributed by atoms with Crippen molar-refractivity contribution in [2.45, 2.75) is 25.1 Å². The van der Waals surface area contributed by atoms with Gasteiger partial charge in [-0.2, -0.15) is 0 Å². The predicted octanol–water partition coefficient (Wildman–Crippen LogP) is 4.32. The molecule has 2 aromatic rings. The molecule has 0 aromatic heterocycles. The Morgan fingerprint density at radius 3 is 2.48 bits per heavy atom. The number of aliphatic hydroxyl groups is 1. The molecule has 0 bridgehead atoms.